The van der Waals surface area contributed by atoms with Gasteiger partial charge in [-0.05, 0) is 42.8 Å². The van der Waals surface area contributed by atoms with E-state index in [1.54, 1.807) is 0 Å². The van der Waals surface area contributed by atoms with Crippen molar-refractivity contribution < 1.29 is 0 Å². The van der Waals surface area contributed by atoms with Gasteiger partial charge in [0.1, 0.15) is 0 Å². The maximum absolute atomic E-state index is 6.07. The Kier molecular flexibility index (Phi) is 4.94. The largest absolute Gasteiger partial charge is 0.310 e. The predicted octanol–water partition coefficient (Wildman–Crippen LogP) is 3.94. The van der Waals surface area contributed by atoms with Crippen molar-refractivity contribution in [1.82, 2.24) is 10.3 Å². The van der Waals surface area contributed by atoms with E-state index in [2.05, 4.69) is 42.3 Å². The fourth-order valence-corrected chi connectivity index (χ4v) is 2.30. The van der Waals surface area contributed by atoms with E-state index >= 15 is 0 Å². The molecule has 0 fully saturated rings. The first-order valence-corrected chi connectivity index (χ1v) is 6.97. The van der Waals surface area contributed by atoms with Gasteiger partial charge in [0.15, 0.2) is 0 Å². The third-order valence-electron chi connectivity index (χ3n) is 3.09. The molecule has 0 saturated heterocycles. The second kappa shape index (κ2) is 6.69. The van der Waals surface area contributed by atoms with Gasteiger partial charge in [0.2, 0.25) is 0 Å². The number of hydrogen-bond acceptors (Lipinski definition) is 2. The van der Waals surface area contributed by atoms with Crippen LogP contribution in [0.2, 0.25) is 5.02 Å². The standard InChI is InChI=1S/C16H19ClN2/c1-3-18-16(13-5-4-6-14(17)9-13)10-15-8-7-12(2)11-19-15/h4-9,11,16,18H,3,10H2,1-2H3. The van der Waals surface area contributed by atoms with Crippen LogP contribution in [0.15, 0.2) is 42.6 Å². The number of hydrogen-bond donors (Lipinski definition) is 1. The summed E-state index contributed by atoms with van der Waals surface area (Å²) in [5.74, 6) is 0. The van der Waals surface area contributed by atoms with Crippen LogP contribution in [0.4, 0.5) is 0 Å². The lowest BCUT2D eigenvalue weighted by atomic mass is 10.0. The van der Waals surface area contributed by atoms with E-state index in [-0.39, 0.29) is 6.04 Å². The van der Waals surface area contributed by atoms with Crippen LogP contribution in [0, 0.1) is 6.92 Å². The summed E-state index contributed by atoms with van der Waals surface area (Å²) < 4.78 is 0. The average molecular weight is 275 g/mol. The molecule has 1 aromatic carbocycles. The number of likely N-dealkylation sites (N-methyl/N-ethyl adjacent to an activating group) is 1. The number of halogens is 1. The molecule has 2 nitrogen and oxygen atoms in total. The number of aryl methyl sites for hydroxylation is 1. The molecule has 0 saturated carbocycles. The van der Waals surface area contributed by atoms with Crippen LogP contribution in [0.3, 0.4) is 0 Å². The maximum Gasteiger partial charge on any atom is 0.0422 e. The zero-order chi connectivity index (χ0) is 13.7. The summed E-state index contributed by atoms with van der Waals surface area (Å²) in [5.41, 5.74) is 3.49. The first kappa shape index (κ1) is 14.0. The van der Waals surface area contributed by atoms with Gasteiger partial charge in [-0.3, -0.25) is 4.98 Å². The Morgan fingerprint density at radius 3 is 2.74 bits per heavy atom. The Balaban J connectivity index is 2.18. The Bertz CT molecular complexity index is 523. The SMILES string of the molecule is CCNC(Cc1ccc(C)cn1)c1cccc(Cl)c1. The minimum absolute atomic E-state index is 0.249. The van der Waals surface area contributed by atoms with Crippen LogP contribution < -0.4 is 5.32 Å². The molecule has 2 rings (SSSR count). The van der Waals surface area contributed by atoms with E-state index in [4.69, 9.17) is 11.6 Å². The lowest BCUT2D eigenvalue weighted by Gasteiger charge is -2.18. The summed E-state index contributed by atoms with van der Waals surface area (Å²) in [7, 11) is 0. The molecule has 100 valence electrons. The summed E-state index contributed by atoms with van der Waals surface area (Å²) >= 11 is 6.07. The minimum atomic E-state index is 0.249. The first-order valence-electron chi connectivity index (χ1n) is 6.59. The molecule has 0 aliphatic carbocycles. The second-order valence-corrected chi connectivity index (χ2v) is 5.13. The summed E-state index contributed by atoms with van der Waals surface area (Å²) in [6.07, 6.45) is 2.78. The maximum atomic E-state index is 6.07. The van der Waals surface area contributed by atoms with E-state index in [0.717, 1.165) is 23.7 Å². The van der Waals surface area contributed by atoms with Crippen LogP contribution in [-0.4, -0.2) is 11.5 Å². The van der Waals surface area contributed by atoms with Crippen molar-refractivity contribution in [2.24, 2.45) is 0 Å². The molecule has 3 heteroatoms. The second-order valence-electron chi connectivity index (χ2n) is 4.70. The van der Waals surface area contributed by atoms with Crippen molar-refractivity contribution >= 4 is 11.6 Å². The molecule has 0 radical (unpaired) electrons. The van der Waals surface area contributed by atoms with Gasteiger partial charge in [0.25, 0.3) is 0 Å². The van der Waals surface area contributed by atoms with E-state index in [1.807, 2.05) is 24.4 Å². The van der Waals surface area contributed by atoms with Crippen LogP contribution in [-0.2, 0) is 6.42 Å². The quantitative estimate of drug-likeness (QED) is 0.893. The van der Waals surface area contributed by atoms with Crippen LogP contribution in [0.5, 0.6) is 0 Å². The number of rotatable bonds is 5. The highest BCUT2D eigenvalue weighted by Crippen LogP contribution is 2.21. The van der Waals surface area contributed by atoms with Crippen molar-refractivity contribution in [2.45, 2.75) is 26.3 Å². The fourth-order valence-electron chi connectivity index (χ4n) is 2.11. The number of nitrogens with zero attached hydrogens (tertiary/aromatic N) is 1. The molecule has 1 atom stereocenters. The number of pyridine rings is 1. The molecule has 1 N–H and O–H groups in total. The van der Waals surface area contributed by atoms with Crippen LogP contribution in [0.25, 0.3) is 0 Å². The Morgan fingerprint density at radius 2 is 2.11 bits per heavy atom. The molecule has 1 unspecified atom stereocenters. The van der Waals surface area contributed by atoms with E-state index in [0.29, 0.717) is 0 Å². The van der Waals surface area contributed by atoms with Gasteiger partial charge in [0, 0.05) is 29.4 Å². The van der Waals surface area contributed by atoms with Gasteiger partial charge >= 0.3 is 0 Å². The zero-order valence-electron chi connectivity index (χ0n) is 11.4. The highest BCUT2D eigenvalue weighted by molar-refractivity contribution is 6.30. The lowest BCUT2D eigenvalue weighted by Crippen LogP contribution is -2.23. The van der Waals surface area contributed by atoms with Crippen LogP contribution in [0.1, 0.15) is 29.8 Å². The third kappa shape index (κ3) is 4.05. The van der Waals surface area contributed by atoms with Crippen molar-refractivity contribution in [3.05, 3.63) is 64.4 Å². The predicted molar refractivity (Wildman–Crippen MR) is 80.5 cm³/mol. The van der Waals surface area contributed by atoms with Gasteiger partial charge in [-0.25, -0.2) is 0 Å². The molecular formula is C16H19ClN2. The zero-order valence-corrected chi connectivity index (χ0v) is 12.1. The summed E-state index contributed by atoms with van der Waals surface area (Å²) in [4.78, 5) is 4.48. The summed E-state index contributed by atoms with van der Waals surface area (Å²) in [5, 5.41) is 4.27. The number of nitrogens with one attached hydrogen (secondary N) is 1. The van der Waals surface area contributed by atoms with Crippen molar-refractivity contribution in [1.29, 1.82) is 0 Å². The van der Waals surface area contributed by atoms with Gasteiger partial charge in [-0.15, -0.1) is 0 Å². The average Bonchev–Trinajstić information content (AvgIpc) is 2.41. The first-order chi connectivity index (χ1) is 9.19. The summed E-state index contributed by atoms with van der Waals surface area (Å²) in [6.45, 7) is 5.08. The highest BCUT2D eigenvalue weighted by atomic mass is 35.5. The Morgan fingerprint density at radius 1 is 1.26 bits per heavy atom. The van der Waals surface area contributed by atoms with E-state index < -0.39 is 0 Å². The molecule has 0 aliphatic rings. The third-order valence-corrected chi connectivity index (χ3v) is 3.32. The highest BCUT2D eigenvalue weighted by Gasteiger charge is 2.12. The smallest absolute Gasteiger partial charge is 0.0422 e. The molecule has 19 heavy (non-hydrogen) atoms. The van der Waals surface area contributed by atoms with E-state index in [1.165, 1.54) is 11.1 Å². The Hall–Kier alpha value is -1.38. The molecule has 0 bridgehead atoms. The van der Waals surface area contributed by atoms with E-state index in [9.17, 15) is 0 Å². The molecular weight excluding hydrogens is 256 g/mol. The molecule has 0 amide bonds. The van der Waals surface area contributed by atoms with Crippen molar-refractivity contribution in [2.75, 3.05) is 6.54 Å². The van der Waals surface area contributed by atoms with Gasteiger partial charge < -0.3 is 5.32 Å². The van der Waals surface area contributed by atoms with Crippen molar-refractivity contribution in [3.63, 3.8) is 0 Å². The topological polar surface area (TPSA) is 24.9 Å². The van der Waals surface area contributed by atoms with Crippen molar-refractivity contribution in [3.8, 4) is 0 Å². The van der Waals surface area contributed by atoms with Gasteiger partial charge in [-0.1, -0.05) is 36.7 Å². The molecule has 0 aliphatic heterocycles. The fraction of sp³-hybridized carbons (Fsp3) is 0.312. The monoisotopic (exact) mass is 274 g/mol. The number of benzene rings is 1. The molecule has 0 spiro atoms. The molecule has 1 aromatic heterocycles. The van der Waals surface area contributed by atoms with Gasteiger partial charge in [-0.2, -0.15) is 0 Å². The molecule has 2 aromatic rings. The Labute approximate surface area is 119 Å². The van der Waals surface area contributed by atoms with Crippen LogP contribution >= 0.6 is 11.6 Å². The normalized spacial score (nSPS) is 12.4. The summed E-state index contributed by atoms with van der Waals surface area (Å²) in [6, 6.07) is 12.5. The van der Waals surface area contributed by atoms with Gasteiger partial charge in [0.05, 0.1) is 0 Å². The number of aromatic nitrogens is 1. The molecule has 1 heterocycles. The minimum Gasteiger partial charge on any atom is -0.310 e. The lowest BCUT2D eigenvalue weighted by molar-refractivity contribution is 0.544.